The predicted octanol–water partition coefficient (Wildman–Crippen LogP) is -2.73. The summed E-state index contributed by atoms with van der Waals surface area (Å²) in [5.41, 5.74) is 0. The van der Waals surface area contributed by atoms with E-state index in [0.717, 1.165) is 0 Å². The number of aliphatic hydroxyl groups excluding tert-OH is 3. The van der Waals surface area contributed by atoms with Gasteiger partial charge in [-0.3, -0.25) is 4.79 Å². The predicted molar refractivity (Wildman–Crippen MR) is 47.4 cm³/mol. The first kappa shape index (κ1) is 12.3. The van der Waals surface area contributed by atoms with Gasteiger partial charge in [0.05, 0.1) is 19.1 Å². The van der Waals surface area contributed by atoms with Gasteiger partial charge in [-0.1, -0.05) is 0 Å². The molecule has 7 heteroatoms. The van der Waals surface area contributed by atoms with Gasteiger partial charge >= 0.3 is 0 Å². The lowest BCUT2D eigenvalue weighted by Gasteiger charge is -2.41. The molecule has 0 aliphatic carbocycles. The zero-order valence-electron chi connectivity index (χ0n) is 8.25. The molecule has 7 nitrogen and oxygen atoms in total. The van der Waals surface area contributed by atoms with Crippen LogP contribution in [0.25, 0.3) is 0 Å². The van der Waals surface area contributed by atoms with E-state index in [4.69, 9.17) is 9.84 Å². The Morgan fingerprint density at radius 1 is 1.60 bits per heavy atom. The number of nitrogens with one attached hydrogen (secondary N) is 1. The van der Waals surface area contributed by atoms with Crippen LogP contribution in [0, 0.1) is 0 Å². The van der Waals surface area contributed by atoms with Crippen molar-refractivity contribution < 1.29 is 30.0 Å². The molecule has 1 heterocycles. The summed E-state index contributed by atoms with van der Waals surface area (Å²) in [6.07, 6.45) is -4.05. The van der Waals surface area contributed by atoms with E-state index in [1.165, 1.54) is 6.92 Å². The molecule has 0 aromatic carbocycles. The van der Waals surface area contributed by atoms with E-state index in [9.17, 15) is 20.1 Å². The van der Waals surface area contributed by atoms with Gasteiger partial charge in [0.1, 0.15) is 12.2 Å². The van der Waals surface area contributed by atoms with Gasteiger partial charge in [0, 0.05) is 6.92 Å². The lowest BCUT2D eigenvalue weighted by molar-refractivity contribution is -0.315. The first-order valence-corrected chi connectivity index (χ1v) is 4.54. The minimum Gasteiger partial charge on any atom is -0.394 e. The summed E-state index contributed by atoms with van der Waals surface area (Å²) < 4.78 is 4.88. The van der Waals surface area contributed by atoms with Crippen LogP contribution >= 0.6 is 0 Å². The topological polar surface area (TPSA) is 119 Å². The number of carbonyl (C=O) groups is 1. The number of hydrogen-bond acceptors (Lipinski definition) is 6. The number of aliphatic hydroxyl groups is 4. The molecule has 0 bridgehead atoms. The molecule has 15 heavy (non-hydrogen) atoms. The van der Waals surface area contributed by atoms with Crippen LogP contribution < -0.4 is 5.32 Å². The third-order valence-electron chi connectivity index (χ3n) is 2.16. The molecule has 1 fully saturated rings. The van der Waals surface area contributed by atoms with Gasteiger partial charge < -0.3 is 30.5 Å². The molecule has 1 saturated heterocycles. The second-order valence-electron chi connectivity index (χ2n) is 3.57. The van der Waals surface area contributed by atoms with Crippen LogP contribution in [-0.2, 0) is 9.53 Å². The van der Waals surface area contributed by atoms with Crippen molar-refractivity contribution in [3.63, 3.8) is 0 Å². The third kappa shape index (κ3) is 2.86. The highest BCUT2D eigenvalue weighted by Crippen LogP contribution is 2.25. The van der Waals surface area contributed by atoms with Crippen LogP contribution in [0.5, 0.6) is 0 Å². The molecule has 1 unspecified atom stereocenters. The van der Waals surface area contributed by atoms with Gasteiger partial charge in [0.2, 0.25) is 5.91 Å². The lowest BCUT2D eigenvalue weighted by Crippen LogP contribution is -2.62. The Morgan fingerprint density at radius 2 is 2.20 bits per heavy atom. The Labute approximate surface area is 86.3 Å². The number of carbonyl (C=O) groups excluding carboxylic acids is 1. The van der Waals surface area contributed by atoms with Crippen molar-refractivity contribution in [3.05, 3.63) is 0 Å². The van der Waals surface area contributed by atoms with Gasteiger partial charge in [0.25, 0.3) is 5.91 Å². The second-order valence-corrected chi connectivity index (χ2v) is 3.57. The monoisotopic (exact) mass is 221 g/mol. The van der Waals surface area contributed by atoms with Gasteiger partial charge in [-0.05, 0) is 0 Å². The maximum Gasteiger partial charge on any atom is 0.251 e. The molecular formula is C8H15NO6. The summed E-state index contributed by atoms with van der Waals surface area (Å²) in [6.45, 7) is 0.604. The van der Waals surface area contributed by atoms with Gasteiger partial charge in [0.15, 0.2) is 0 Å². The molecule has 0 radical (unpaired) electrons. The maximum absolute atomic E-state index is 10.7. The van der Waals surface area contributed by atoms with Gasteiger partial charge in [-0.2, -0.15) is 0 Å². The molecule has 88 valence electrons. The molecule has 1 aliphatic heterocycles. The zero-order valence-corrected chi connectivity index (χ0v) is 8.25. The Hall–Kier alpha value is -0.730. The van der Waals surface area contributed by atoms with Gasteiger partial charge in [-0.15, -0.1) is 0 Å². The van der Waals surface area contributed by atoms with E-state index >= 15 is 0 Å². The van der Waals surface area contributed by atoms with Crippen molar-refractivity contribution in [2.75, 3.05) is 6.61 Å². The molecule has 1 amide bonds. The minimum atomic E-state index is -2.04. The highest BCUT2D eigenvalue weighted by atomic mass is 16.7. The summed E-state index contributed by atoms with van der Waals surface area (Å²) in [4.78, 5) is 10.7. The van der Waals surface area contributed by atoms with Crippen molar-refractivity contribution in [2.24, 2.45) is 0 Å². The first-order valence-electron chi connectivity index (χ1n) is 4.54. The molecule has 1 aliphatic rings. The lowest BCUT2D eigenvalue weighted by atomic mass is 9.99. The quantitative estimate of drug-likeness (QED) is 0.323. The molecule has 4 atom stereocenters. The zero-order chi connectivity index (χ0) is 11.6. The third-order valence-corrected chi connectivity index (χ3v) is 2.16. The molecule has 0 aromatic rings. The van der Waals surface area contributed by atoms with Crippen molar-refractivity contribution in [3.8, 4) is 0 Å². The summed E-state index contributed by atoms with van der Waals surface area (Å²) in [7, 11) is 0. The molecule has 0 spiro atoms. The number of hydrogen-bond donors (Lipinski definition) is 5. The van der Waals surface area contributed by atoms with Crippen molar-refractivity contribution in [1.82, 2.24) is 5.32 Å². The fourth-order valence-corrected chi connectivity index (χ4v) is 1.52. The van der Waals surface area contributed by atoms with Crippen LogP contribution in [0.4, 0.5) is 0 Å². The average molecular weight is 221 g/mol. The Morgan fingerprint density at radius 3 is 2.67 bits per heavy atom. The highest BCUT2D eigenvalue weighted by molar-refractivity contribution is 5.73. The van der Waals surface area contributed by atoms with Crippen molar-refractivity contribution in [2.45, 2.75) is 37.6 Å². The van der Waals surface area contributed by atoms with E-state index in [2.05, 4.69) is 5.32 Å². The number of amides is 1. The summed E-state index contributed by atoms with van der Waals surface area (Å²) >= 11 is 0. The van der Waals surface area contributed by atoms with E-state index in [0.29, 0.717) is 0 Å². The fourth-order valence-electron chi connectivity index (χ4n) is 1.52. The summed E-state index contributed by atoms with van der Waals surface area (Å²) in [5, 5.41) is 39.3. The van der Waals surface area contributed by atoms with Crippen LogP contribution in [-0.4, -0.2) is 57.2 Å². The fraction of sp³-hybridized carbons (Fsp3) is 0.875. The minimum absolute atomic E-state index is 0.357. The molecular weight excluding hydrogens is 206 g/mol. The first-order chi connectivity index (χ1) is 6.88. The second kappa shape index (κ2) is 4.42. The van der Waals surface area contributed by atoms with E-state index in [-0.39, 0.29) is 6.42 Å². The summed E-state index contributed by atoms with van der Waals surface area (Å²) in [6, 6.07) is 0. The molecule has 0 aromatic heterocycles. The normalized spacial score (nSPS) is 41.3. The molecule has 5 N–H and O–H groups in total. The Bertz CT molecular complexity index is 247. The smallest absolute Gasteiger partial charge is 0.251 e. The Kier molecular flexibility index (Phi) is 3.63. The largest absolute Gasteiger partial charge is 0.394 e. The van der Waals surface area contributed by atoms with E-state index < -0.39 is 36.7 Å². The van der Waals surface area contributed by atoms with Gasteiger partial charge in [-0.25, -0.2) is 0 Å². The molecule has 0 saturated carbocycles. The number of rotatable bonds is 2. The van der Waals surface area contributed by atoms with Crippen LogP contribution in [0.15, 0.2) is 0 Å². The van der Waals surface area contributed by atoms with Crippen LogP contribution in [0.3, 0.4) is 0 Å². The maximum atomic E-state index is 10.7. The van der Waals surface area contributed by atoms with Crippen LogP contribution in [0.2, 0.25) is 0 Å². The van der Waals surface area contributed by atoms with E-state index in [1.807, 2.05) is 0 Å². The Balaban J connectivity index is 2.73. The van der Waals surface area contributed by atoms with Crippen molar-refractivity contribution in [1.29, 1.82) is 0 Å². The average Bonchev–Trinajstić information content (AvgIpc) is 2.09. The number of ether oxygens (including phenoxy) is 1. The van der Waals surface area contributed by atoms with Crippen molar-refractivity contribution >= 4 is 5.91 Å². The molecule has 1 rings (SSSR count). The highest BCUT2D eigenvalue weighted by Gasteiger charge is 2.45. The van der Waals surface area contributed by atoms with E-state index in [1.54, 1.807) is 0 Å². The summed E-state index contributed by atoms with van der Waals surface area (Å²) in [5.74, 6) is -2.59. The standard InChI is InChI=1S/C8H15NO6/c1-4(11)9-8(14)2-5(12)7(13)6(3-10)15-8/h5-7,10,12-14H,2-3H2,1H3,(H,9,11)/t5-,6-,7+,8?/m1/s1. The van der Waals surface area contributed by atoms with Crippen LogP contribution in [0.1, 0.15) is 13.3 Å². The SMILES string of the molecule is CC(=O)NC1(O)C[C@@H](O)[C@H](O)[C@@H](CO)O1.